The van der Waals surface area contributed by atoms with Gasteiger partial charge < -0.3 is 9.47 Å². The van der Waals surface area contributed by atoms with Crippen LogP contribution in [0.25, 0.3) is 0 Å². The Labute approximate surface area is 103 Å². The minimum Gasteiger partial charge on any atom is -0.465 e. The van der Waals surface area contributed by atoms with Crippen molar-refractivity contribution in [2.75, 3.05) is 7.11 Å². The second kappa shape index (κ2) is 6.55. The maximum absolute atomic E-state index is 12.1. The van der Waals surface area contributed by atoms with Crippen molar-refractivity contribution in [1.82, 2.24) is 0 Å². The number of hydrogen-bond acceptors (Lipinski definition) is 4. The number of ether oxygens (including phenoxy) is 2. The van der Waals surface area contributed by atoms with Gasteiger partial charge in [-0.3, -0.25) is 0 Å². The number of halogens is 2. The van der Waals surface area contributed by atoms with Crippen molar-refractivity contribution in [2.24, 2.45) is 0 Å². The number of carbonyl (C=O) groups excluding carboxylic acids is 1. The second-order valence-corrected chi connectivity index (χ2v) is 3.35. The van der Waals surface area contributed by atoms with Gasteiger partial charge in [0, 0.05) is 6.42 Å². The molecule has 96 valence electrons. The molecule has 0 aromatic heterocycles. The summed E-state index contributed by atoms with van der Waals surface area (Å²) in [5.41, 5.74) is 0.691. The van der Waals surface area contributed by atoms with Crippen molar-refractivity contribution in [2.45, 2.75) is 19.5 Å². The average molecular weight is 255 g/mol. The summed E-state index contributed by atoms with van der Waals surface area (Å²) in [6.07, 6.45) is 0.564. The first kappa shape index (κ1) is 13.9. The Hall–Kier alpha value is -2.16. The fourth-order valence-corrected chi connectivity index (χ4v) is 1.44. The van der Waals surface area contributed by atoms with Crippen LogP contribution >= 0.6 is 0 Å². The van der Waals surface area contributed by atoms with Gasteiger partial charge >= 0.3 is 12.6 Å². The number of nitrogens with zero attached hydrogens (tertiary/aromatic N) is 1. The molecule has 18 heavy (non-hydrogen) atoms. The van der Waals surface area contributed by atoms with Gasteiger partial charge in [0.25, 0.3) is 0 Å². The van der Waals surface area contributed by atoms with Crippen LogP contribution in [0.3, 0.4) is 0 Å². The predicted octanol–water partition coefficient (Wildman–Crippen LogP) is 2.53. The second-order valence-electron chi connectivity index (χ2n) is 3.35. The molecular weight excluding hydrogens is 244 g/mol. The smallest absolute Gasteiger partial charge is 0.387 e. The highest BCUT2D eigenvalue weighted by Gasteiger charge is 2.14. The molecule has 0 fully saturated rings. The van der Waals surface area contributed by atoms with E-state index in [1.54, 1.807) is 0 Å². The van der Waals surface area contributed by atoms with Gasteiger partial charge in [-0.15, -0.1) is 0 Å². The molecule has 0 aliphatic rings. The summed E-state index contributed by atoms with van der Waals surface area (Å²) in [6.45, 7) is -2.96. The van der Waals surface area contributed by atoms with Crippen LogP contribution in [-0.2, 0) is 11.2 Å². The maximum Gasteiger partial charge on any atom is 0.387 e. The summed E-state index contributed by atoms with van der Waals surface area (Å²) in [5.74, 6) is -0.770. The molecule has 0 spiro atoms. The lowest BCUT2D eigenvalue weighted by atomic mass is 10.0. The van der Waals surface area contributed by atoms with Gasteiger partial charge in [-0.25, -0.2) is 4.79 Å². The van der Waals surface area contributed by atoms with Gasteiger partial charge in [0.2, 0.25) is 0 Å². The fourth-order valence-electron chi connectivity index (χ4n) is 1.44. The molecule has 0 heterocycles. The third kappa shape index (κ3) is 3.70. The number of esters is 1. The number of aryl methyl sites for hydroxylation is 1. The molecule has 0 radical (unpaired) electrons. The van der Waals surface area contributed by atoms with E-state index in [1.165, 1.54) is 25.3 Å². The monoisotopic (exact) mass is 255 g/mol. The molecule has 0 N–H and O–H groups in total. The minimum absolute atomic E-state index is 0.119. The molecular formula is C12H11F2NO3. The molecule has 0 bridgehead atoms. The van der Waals surface area contributed by atoms with Crippen LogP contribution in [0.5, 0.6) is 5.75 Å². The Morgan fingerprint density at radius 3 is 2.78 bits per heavy atom. The zero-order chi connectivity index (χ0) is 13.5. The fraction of sp³-hybridized carbons (Fsp3) is 0.333. The summed E-state index contributed by atoms with van der Waals surface area (Å²) in [6, 6.07) is 5.93. The highest BCUT2D eigenvalue weighted by atomic mass is 19.3. The van der Waals surface area contributed by atoms with Crippen molar-refractivity contribution in [1.29, 1.82) is 5.26 Å². The van der Waals surface area contributed by atoms with E-state index in [0.29, 0.717) is 12.0 Å². The third-order valence-electron chi connectivity index (χ3n) is 2.22. The minimum atomic E-state index is -2.96. The molecule has 1 rings (SSSR count). The van der Waals surface area contributed by atoms with Gasteiger partial charge in [0.05, 0.1) is 18.7 Å². The first-order chi connectivity index (χ1) is 8.58. The molecule has 1 aromatic carbocycles. The molecule has 6 heteroatoms. The van der Waals surface area contributed by atoms with Crippen LogP contribution in [0, 0.1) is 11.3 Å². The maximum atomic E-state index is 12.1. The van der Waals surface area contributed by atoms with Gasteiger partial charge in [-0.2, -0.15) is 14.0 Å². The van der Waals surface area contributed by atoms with E-state index in [9.17, 15) is 13.6 Å². The Kier molecular flexibility index (Phi) is 5.06. The molecule has 0 unspecified atom stereocenters. The van der Waals surface area contributed by atoms with E-state index in [2.05, 4.69) is 9.47 Å². The van der Waals surface area contributed by atoms with Crippen molar-refractivity contribution < 1.29 is 23.0 Å². The normalized spacial score (nSPS) is 9.94. The van der Waals surface area contributed by atoms with Gasteiger partial charge in [-0.05, 0) is 24.1 Å². The first-order valence-corrected chi connectivity index (χ1v) is 5.11. The van der Waals surface area contributed by atoms with Gasteiger partial charge in [0.1, 0.15) is 5.75 Å². The third-order valence-corrected chi connectivity index (χ3v) is 2.22. The molecule has 0 aliphatic heterocycles. The van der Waals surface area contributed by atoms with Crippen LogP contribution < -0.4 is 4.74 Å². The van der Waals surface area contributed by atoms with Crippen LogP contribution in [0.1, 0.15) is 22.3 Å². The van der Waals surface area contributed by atoms with Crippen LogP contribution in [0.15, 0.2) is 18.2 Å². The largest absolute Gasteiger partial charge is 0.465 e. The lowest BCUT2D eigenvalue weighted by Crippen LogP contribution is -2.08. The number of methoxy groups -OCH3 is 1. The quantitative estimate of drug-likeness (QED) is 0.758. The molecule has 0 atom stereocenters. The molecule has 1 aromatic rings. The van der Waals surface area contributed by atoms with Crippen LogP contribution in [0.2, 0.25) is 0 Å². The van der Waals surface area contributed by atoms with Crippen LogP contribution in [0.4, 0.5) is 8.78 Å². The van der Waals surface area contributed by atoms with E-state index >= 15 is 0 Å². The Balaban J connectivity index is 3.04. The first-order valence-electron chi connectivity index (χ1n) is 5.11. The molecule has 4 nitrogen and oxygen atoms in total. The lowest BCUT2D eigenvalue weighted by Gasteiger charge is -2.10. The van der Waals surface area contributed by atoms with E-state index in [-0.39, 0.29) is 17.7 Å². The number of carbonyl (C=O) groups is 1. The van der Waals surface area contributed by atoms with Gasteiger partial charge in [-0.1, -0.05) is 6.07 Å². The van der Waals surface area contributed by atoms with E-state index < -0.39 is 12.6 Å². The molecule has 0 amide bonds. The van der Waals surface area contributed by atoms with E-state index in [1.807, 2.05) is 6.07 Å². The zero-order valence-corrected chi connectivity index (χ0v) is 9.65. The SMILES string of the molecule is COC(=O)c1cc(OC(F)F)ccc1CCC#N. The Bertz CT molecular complexity index is 469. The van der Waals surface area contributed by atoms with Gasteiger partial charge in [0.15, 0.2) is 0 Å². The molecule has 0 aliphatic carbocycles. The van der Waals surface area contributed by atoms with Crippen molar-refractivity contribution in [3.05, 3.63) is 29.3 Å². The number of alkyl halides is 2. The van der Waals surface area contributed by atoms with Crippen molar-refractivity contribution in [3.63, 3.8) is 0 Å². The zero-order valence-electron chi connectivity index (χ0n) is 9.65. The van der Waals surface area contributed by atoms with E-state index in [0.717, 1.165) is 0 Å². The molecule has 0 saturated heterocycles. The number of benzene rings is 1. The molecule has 0 saturated carbocycles. The standard InChI is InChI=1S/C12H11F2NO3/c1-17-11(16)10-7-9(18-12(13)14)5-4-8(10)3-2-6-15/h4-5,7,12H,2-3H2,1H3. The summed E-state index contributed by atoms with van der Waals surface area (Å²) in [7, 11) is 1.19. The Morgan fingerprint density at radius 2 is 2.22 bits per heavy atom. The number of rotatable bonds is 5. The van der Waals surface area contributed by atoms with Crippen molar-refractivity contribution in [3.8, 4) is 11.8 Å². The van der Waals surface area contributed by atoms with Crippen LogP contribution in [-0.4, -0.2) is 19.7 Å². The highest BCUT2D eigenvalue weighted by Crippen LogP contribution is 2.21. The Morgan fingerprint density at radius 1 is 1.50 bits per heavy atom. The summed E-state index contributed by atoms with van der Waals surface area (Å²) < 4.78 is 32.9. The number of hydrogen-bond donors (Lipinski definition) is 0. The topological polar surface area (TPSA) is 59.3 Å². The van der Waals surface area contributed by atoms with E-state index in [4.69, 9.17) is 5.26 Å². The predicted molar refractivity (Wildman–Crippen MR) is 58.3 cm³/mol. The summed E-state index contributed by atoms with van der Waals surface area (Å²) >= 11 is 0. The highest BCUT2D eigenvalue weighted by molar-refractivity contribution is 5.91. The lowest BCUT2D eigenvalue weighted by molar-refractivity contribution is -0.0499. The summed E-state index contributed by atoms with van der Waals surface area (Å²) in [5, 5.41) is 8.50. The van der Waals surface area contributed by atoms with Crippen molar-refractivity contribution >= 4 is 5.97 Å². The number of nitriles is 1. The summed E-state index contributed by atoms with van der Waals surface area (Å²) in [4.78, 5) is 11.5. The average Bonchev–Trinajstić information content (AvgIpc) is 2.35.